The van der Waals surface area contributed by atoms with Crippen LogP contribution in [-0.2, 0) is 21.4 Å². The Morgan fingerprint density at radius 2 is 1.68 bits per heavy atom. The number of hydrogen-bond donors (Lipinski definition) is 2. The Labute approximate surface area is 188 Å². The fourth-order valence-electron chi connectivity index (χ4n) is 2.98. The molecular formula is C22H19N3O3S3. The Morgan fingerprint density at radius 3 is 2.35 bits per heavy atom. The van der Waals surface area contributed by atoms with Crippen LogP contribution in [0.25, 0.3) is 10.2 Å². The molecule has 0 unspecified atom stereocenters. The summed E-state index contributed by atoms with van der Waals surface area (Å²) < 4.78 is 24.7. The third-order valence-electron chi connectivity index (χ3n) is 4.55. The Bertz CT molecular complexity index is 1270. The van der Waals surface area contributed by atoms with Gasteiger partial charge in [0.2, 0.25) is 15.9 Å². The van der Waals surface area contributed by atoms with Gasteiger partial charge in [-0.05, 0) is 35.4 Å². The molecule has 1 heterocycles. The van der Waals surface area contributed by atoms with E-state index in [4.69, 9.17) is 5.14 Å². The number of para-hydroxylation sites is 1. The molecule has 0 saturated carbocycles. The minimum absolute atomic E-state index is 0.0381. The molecule has 4 aromatic rings. The Balaban J connectivity index is 1.51. The number of carbonyl (C=O) groups excluding carboxylic acids is 1. The van der Waals surface area contributed by atoms with Gasteiger partial charge in [-0.3, -0.25) is 4.79 Å². The summed E-state index contributed by atoms with van der Waals surface area (Å²) in [6, 6.07) is 23.6. The number of aromatic nitrogens is 1. The maximum absolute atomic E-state index is 13.1. The van der Waals surface area contributed by atoms with E-state index in [0.29, 0.717) is 0 Å². The van der Waals surface area contributed by atoms with E-state index in [1.807, 2.05) is 54.6 Å². The highest BCUT2D eigenvalue weighted by Crippen LogP contribution is 2.39. The van der Waals surface area contributed by atoms with Gasteiger partial charge in [-0.15, -0.1) is 11.3 Å². The highest BCUT2D eigenvalue weighted by atomic mass is 32.2. The van der Waals surface area contributed by atoms with Gasteiger partial charge in [-0.1, -0.05) is 66.4 Å². The van der Waals surface area contributed by atoms with Gasteiger partial charge >= 0.3 is 0 Å². The Kier molecular flexibility index (Phi) is 6.38. The highest BCUT2D eigenvalue weighted by Gasteiger charge is 2.23. The number of sulfonamides is 1. The molecule has 0 radical (unpaired) electrons. The number of amides is 1. The zero-order valence-corrected chi connectivity index (χ0v) is 18.7. The molecule has 1 atom stereocenters. The molecule has 0 aliphatic carbocycles. The van der Waals surface area contributed by atoms with Crippen molar-refractivity contribution in [3.8, 4) is 0 Å². The quantitative estimate of drug-likeness (QED) is 0.397. The number of fused-ring (bicyclic) bond motifs is 1. The van der Waals surface area contributed by atoms with Crippen molar-refractivity contribution in [2.45, 2.75) is 21.0 Å². The second kappa shape index (κ2) is 9.19. The van der Waals surface area contributed by atoms with Crippen LogP contribution in [0.4, 0.5) is 0 Å². The van der Waals surface area contributed by atoms with Gasteiger partial charge in [0.25, 0.3) is 0 Å². The molecule has 1 aromatic heterocycles. The minimum Gasteiger partial charge on any atom is -0.351 e. The third kappa shape index (κ3) is 5.31. The number of hydrogen-bond acceptors (Lipinski definition) is 6. The minimum atomic E-state index is -3.74. The van der Waals surface area contributed by atoms with Crippen molar-refractivity contribution in [3.05, 3.63) is 90.0 Å². The number of thiazole rings is 1. The summed E-state index contributed by atoms with van der Waals surface area (Å²) in [5.41, 5.74) is 2.57. The molecule has 31 heavy (non-hydrogen) atoms. The maximum atomic E-state index is 13.1. The summed E-state index contributed by atoms with van der Waals surface area (Å²) in [5.74, 6) is -0.147. The first kappa shape index (κ1) is 21.5. The second-order valence-electron chi connectivity index (χ2n) is 6.76. The molecule has 158 valence electrons. The molecule has 3 N–H and O–H groups in total. The summed E-state index contributed by atoms with van der Waals surface area (Å²) in [4.78, 5) is 17.8. The predicted octanol–water partition coefficient (Wildman–Crippen LogP) is 4.09. The van der Waals surface area contributed by atoms with Crippen LogP contribution in [0, 0.1) is 0 Å². The number of nitrogens with two attached hydrogens (primary N) is 1. The lowest BCUT2D eigenvalue weighted by atomic mass is 10.1. The summed E-state index contributed by atoms with van der Waals surface area (Å²) in [7, 11) is -3.74. The fourth-order valence-corrected chi connectivity index (χ4v) is 5.78. The number of thioether (sulfide) groups is 1. The number of primary sulfonamides is 1. The lowest BCUT2D eigenvalue weighted by Crippen LogP contribution is -2.27. The zero-order valence-electron chi connectivity index (χ0n) is 16.3. The molecule has 0 saturated heterocycles. The number of nitrogens with zero attached hydrogens (tertiary/aromatic N) is 1. The number of nitrogens with one attached hydrogen (secondary N) is 1. The van der Waals surface area contributed by atoms with E-state index in [1.165, 1.54) is 23.9 Å². The third-order valence-corrected chi connectivity index (χ3v) is 7.87. The van der Waals surface area contributed by atoms with Crippen LogP contribution in [0.1, 0.15) is 16.4 Å². The van der Waals surface area contributed by atoms with E-state index in [2.05, 4.69) is 10.3 Å². The van der Waals surface area contributed by atoms with Crippen molar-refractivity contribution < 1.29 is 13.2 Å². The lowest BCUT2D eigenvalue weighted by molar-refractivity contribution is -0.120. The standard InChI is InChI=1S/C22H19N3O3S3/c23-31(27,28)17-12-10-15(11-13-17)14-24-21(26)20(16-6-2-1-3-7-16)30-22-25-18-8-4-5-9-19(18)29-22/h1-13,20H,14H2,(H,24,26)(H2,23,27,28)/t20-/m0/s1. The van der Waals surface area contributed by atoms with E-state index < -0.39 is 15.3 Å². The summed E-state index contributed by atoms with van der Waals surface area (Å²) >= 11 is 2.98. The largest absolute Gasteiger partial charge is 0.351 e. The van der Waals surface area contributed by atoms with Gasteiger partial charge in [0, 0.05) is 6.54 Å². The first-order valence-electron chi connectivity index (χ1n) is 9.37. The van der Waals surface area contributed by atoms with Gasteiger partial charge in [-0.2, -0.15) is 0 Å². The second-order valence-corrected chi connectivity index (χ2v) is 10.7. The Morgan fingerprint density at radius 1 is 1.00 bits per heavy atom. The van der Waals surface area contributed by atoms with Gasteiger partial charge in [0.15, 0.2) is 4.34 Å². The SMILES string of the molecule is NS(=O)(=O)c1ccc(CNC(=O)[C@@H](Sc2nc3ccccc3s2)c2ccccc2)cc1. The van der Waals surface area contributed by atoms with Crippen LogP contribution < -0.4 is 10.5 Å². The molecule has 0 fully saturated rings. The summed E-state index contributed by atoms with van der Waals surface area (Å²) in [6.45, 7) is 0.271. The van der Waals surface area contributed by atoms with Gasteiger partial charge in [0.05, 0.1) is 15.1 Å². The van der Waals surface area contributed by atoms with Crippen molar-refractivity contribution in [3.63, 3.8) is 0 Å². The monoisotopic (exact) mass is 469 g/mol. The van der Waals surface area contributed by atoms with Crippen LogP contribution in [0.5, 0.6) is 0 Å². The van der Waals surface area contributed by atoms with Crippen molar-refractivity contribution >= 4 is 49.2 Å². The molecule has 0 aliphatic rings. The highest BCUT2D eigenvalue weighted by molar-refractivity contribution is 8.02. The number of carbonyl (C=O) groups is 1. The van der Waals surface area contributed by atoms with Gasteiger partial charge in [0.1, 0.15) is 5.25 Å². The van der Waals surface area contributed by atoms with Crippen molar-refractivity contribution in [2.24, 2.45) is 5.14 Å². The lowest BCUT2D eigenvalue weighted by Gasteiger charge is -2.16. The summed E-state index contributed by atoms with van der Waals surface area (Å²) in [6.07, 6.45) is 0. The number of rotatable bonds is 7. The molecular weight excluding hydrogens is 450 g/mol. The predicted molar refractivity (Wildman–Crippen MR) is 124 cm³/mol. The first-order valence-corrected chi connectivity index (χ1v) is 12.6. The van der Waals surface area contributed by atoms with E-state index in [-0.39, 0.29) is 17.3 Å². The van der Waals surface area contributed by atoms with Crippen LogP contribution in [0.2, 0.25) is 0 Å². The van der Waals surface area contributed by atoms with Crippen LogP contribution in [0.15, 0.2) is 88.1 Å². The molecule has 0 bridgehead atoms. The average Bonchev–Trinajstić information content (AvgIpc) is 3.19. The fraction of sp³-hybridized carbons (Fsp3) is 0.0909. The van der Waals surface area contributed by atoms with E-state index in [0.717, 1.165) is 25.7 Å². The normalized spacial score (nSPS) is 12.5. The molecule has 3 aromatic carbocycles. The van der Waals surface area contributed by atoms with E-state index in [9.17, 15) is 13.2 Å². The molecule has 6 nitrogen and oxygen atoms in total. The maximum Gasteiger partial charge on any atom is 0.238 e. The van der Waals surface area contributed by atoms with Crippen LogP contribution in [0.3, 0.4) is 0 Å². The smallest absolute Gasteiger partial charge is 0.238 e. The average molecular weight is 470 g/mol. The molecule has 9 heteroatoms. The molecule has 0 spiro atoms. The number of benzene rings is 3. The molecule has 0 aliphatic heterocycles. The van der Waals surface area contributed by atoms with Crippen LogP contribution >= 0.6 is 23.1 Å². The first-order chi connectivity index (χ1) is 14.9. The Hall–Kier alpha value is -2.72. The van der Waals surface area contributed by atoms with E-state index in [1.54, 1.807) is 23.5 Å². The van der Waals surface area contributed by atoms with Crippen LogP contribution in [-0.4, -0.2) is 19.3 Å². The van der Waals surface area contributed by atoms with Gasteiger partial charge in [-0.25, -0.2) is 18.5 Å². The van der Waals surface area contributed by atoms with Crippen molar-refractivity contribution in [2.75, 3.05) is 0 Å². The van der Waals surface area contributed by atoms with Crippen molar-refractivity contribution in [1.29, 1.82) is 0 Å². The molecule has 1 amide bonds. The summed E-state index contributed by atoms with van der Waals surface area (Å²) in [5, 5.41) is 7.61. The zero-order chi connectivity index (χ0) is 21.8. The van der Waals surface area contributed by atoms with Gasteiger partial charge < -0.3 is 5.32 Å². The van der Waals surface area contributed by atoms with E-state index >= 15 is 0 Å². The van der Waals surface area contributed by atoms with Crippen molar-refractivity contribution in [1.82, 2.24) is 10.3 Å². The topological polar surface area (TPSA) is 102 Å². The molecule has 4 rings (SSSR count).